The number of hydrogen-bond donors (Lipinski definition) is 0. The molecule has 0 radical (unpaired) electrons. The maximum atomic E-state index is 12.5. The van der Waals surface area contributed by atoms with Gasteiger partial charge in [-0.05, 0) is 42.5 Å². The van der Waals surface area contributed by atoms with Crippen molar-refractivity contribution < 1.29 is 13.2 Å². The molecule has 1 saturated heterocycles. The van der Waals surface area contributed by atoms with Crippen LogP contribution in [0.15, 0.2) is 52.3 Å². The van der Waals surface area contributed by atoms with Gasteiger partial charge in [0.05, 0.1) is 20.9 Å². The van der Waals surface area contributed by atoms with Crippen molar-refractivity contribution in [3.63, 3.8) is 0 Å². The van der Waals surface area contributed by atoms with Crippen LogP contribution in [0.1, 0.15) is 0 Å². The third-order valence-corrected chi connectivity index (χ3v) is 8.29. The predicted molar refractivity (Wildman–Crippen MR) is 124 cm³/mol. The molecule has 1 aromatic heterocycles. The van der Waals surface area contributed by atoms with Gasteiger partial charge in [0.2, 0.25) is 5.91 Å². The Morgan fingerprint density at radius 3 is 2.50 bits per heavy atom. The molecule has 0 atom stereocenters. The first-order valence-electron chi connectivity index (χ1n) is 9.31. The number of fused-ring (bicyclic) bond motifs is 1. The van der Waals surface area contributed by atoms with Crippen LogP contribution in [0.2, 0.25) is 5.02 Å². The lowest BCUT2D eigenvalue weighted by Gasteiger charge is -2.34. The zero-order valence-electron chi connectivity index (χ0n) is 16.2. The second kappa shape index (κ2) is 8.74. The number of piperazine rings is 1. The summed E-state index contributed by atoms with van der Waals surface area (Å²) < 4.78 is 24.4. The Bertz CT molecular complexity index is 1170. The quantitative estimate of drug-likeness (QED) is 0.516. The van der Waals surface area contributed by atoms with Crippen molar-refractivity contribution in [3.05, 3.63) is 47.5 Å². The van der Waals surface area contributed by atoms with E-state index in [-0.39, 0.29) is 5.91 Å². The van der Waals surface area contributed by atoms with Crippen molar-refractivity contribution in [2.24, 2.45) is 0 Å². The van der Waals surface area contributed by atoms with Crippen LogP contribution >= 0.6 is 34.7 Å². The molecule has 1 fully saturated rings. The molecule has 2 aromatic carbocycles. The SMILES string of the molecule is CS(=O)(=O)c1ccc2nc(N3CCN(C(=O)CSc4ccc(Cl)cc4)CC3)sc2c1. The fourth-order valence-corrected chi connectivity index (χ4v) is 5.88. The maximum Gasteiger partial charge on any atom is 0.233 e. The summed E-state index contributed by atoms with van der Waals surface area (Å²) in [5.74, 6) is 0.522. The van der Waals surface area contributed by atoms with E-state index in [4.69, 9.17) is 11.6 Å². The number of carbonyl (C=O) groups excluding carboxylic acids is 1. The summed E-state index contributed by atoms with van der Waals surface area (Å²) in [6.07, 6.45) is 1.21. The number of benzene rings is 2. The molecule has 0 unspecified atom stereocenters. The predicted octanol–water partition coefficient (Wildman–Crippen LogP) is 3.79. The number of sulfone groups is 1. The van der Waals surface area contributed by atoms with Gasteiger partial charge in [0.25, 0.3) is 0 Å². The number of hydrogen-bond acceptors (Lipinski definition) is 7. The fraction of sp³-hybridized carbons (Fsp3) is 0.300. The van der Waals surface area contributed by atoms with Gasteiger partial charge in [-0.2, -0.15) is 0 Å². The molecule has 0 spiro atoms. The molecule has 0 saturated carbocycles. The molecular weight excluding hydrogens is 462 g/mol. The van der Waals surface area contributed by atoms with Gasteiger partial charge < -0.3 is 9.80 Å². The number of carbonyl (C=O) groups is 1. The number of thiazole rings is 1. The van der Waals surface area contributed by atoms with Crippen molar-refractivity contribution in [1.29, 1.82) is 0 Å². The molecule has 1 aliphatic rings. The Morgan fingerprint density at radius 1 is 1.13 bits per heavy atom. The minimum absolute atomic E-state index is 0.122. The van der Waals surface area contributed by atoms with Crippen LogP contribution in [-0.4, -0.2) is 62.4 Å². The number of halogens is 1. The summed E-state index contributed by atoms with van der Waals surface area (Å²) >= 11 is 8.89. The lowest BCUT2D eigenvalue weighted by molar-refractivity contribution is -0.128. The lowest BCUT2D eigenvalue weighted by Crippen LogP contribution is -2.49. The molecule has 30 heavy (non-hydrogen) atoms. The van der Waals surface area contributed by atoms with Crippen molar-refractivity contribution in [2.75, 3.05) is 43.1 Å². The molecule has 158 valence electrons. The highest BCUT2D eigenvalue weighted by Gasteiger charge is 2.23. The molecule has 0 N–H and O–H groups in total. The van der Waals surface area contributed by atoms with Crippen LogP contribution in [0.4, 0.5) is 5.13 Å². The molecule has 0 aliphatic carbocycles. The van der Waals surface area contributed by atoms with Gasteiger partial charge in [-0.1, -0.05) is 22.9 Å². The van der Waals surface area contributed by atoms with Gasteiger partial charge in [0.15, 0.2) is 15.0 Å². The van der Waals surface area contributed by atoms with Crippen molar-refractivity contribution in [3.8, 4) is 0 Å². The van der Waals surface area contributed by atoms with Gasteiger partial charge in [0.1, 0.15) is 0 Å². The molecular formula is C20H20ClN3O3S3. The van der Waals surface area contributed by atoms with E-state index < -0.39 is 9.84 Å². The Hall–Kier alpha value is -1.81. The van der Waals surface area contributed by atoms with Crippen LogP contribution in [-0.2, 0) is 14.6 Å². The zero-order valence-corrected chi connectivity index (χ0v) is 19.5. The van der Waals surface area contributed by atoms with Crippen molar-refractivity contribution in [2.45, 2.75) is 9.79 Å². The highest BCUT2D eigenvalue weighted by Crippen LogP contribution is 2.31. The zero-order chi connectivity index (χ0) is 21.3. The molecule has 3 aromatic rings. The molecule has 6 nitrogen and oxygen atoms in total. The number of amides is 1. The van der Waals surface area contributed by atoms with E-state index in [1.807, 2.05) is 29.2 Å². The highest BCUT2D eigenvalue weighted by molar-refractivity contribution is 8.00. The minimum Gasteiger partial charge on any atom is -0.345 e. The first-order valence-corrected chi connectivity index (χ1v) is 13.4. The Kier molecular flexibility index (Phi) is 6.24. The van der Waals surface area contributed by atoms with E-state index in [0.717, 1.165) is 20.2 Å². The van der Waals surface area contributed by atoms with Gasteiger partial charge in [-0.15, -0.1) is 11.8 Å². The lowest BCUT2D eigenvalue weighted by atomic mass is 10.3. The van der Waals surface area contributed by atoms with E-state index in [1.54, 1.807) is 18.2 Å². The highest BCUT2D eigenvalue weighted by atomic mass is 35.5. The Labute approximate surface area is 188 Å². The molecule has 4 rings (SSSR count). The molecule has 2 heterocycles. The summed E-state index contributed by atoms with van der Waals surface area (Å²) in [5, 5.41) is 1.54. The van der Waals surface area contributed by atoms with Gasteiger partial charge >= 0.3 is 0 Å². The number of thioether (sulfide) groups is 1. The Morgan fingerprint density at radius 2 is 1.83 bits per heavy atom. The first-order chi connectivity index (χ1) is 14.3. The Balaban J connectivity index is 1.35. The third kappa shape index (κ3) is 4.91. The summed E-state index contributed by atoms with van der Waals surface area (Å²) in [4.78, 5) is 22.6. The average molecular weight is 482 g/mol. The molecule has 10 heteroatoms. The number of rotatable bonds is 5. The number of nitrogens with zero attached hydrogens (tertiary/aromatic N) is 3. The molecule has 0 bridgehead atoms. The maximum absolute atomic E-state index is 12.5. The second-order valence-corrected chi connectivity index (χ2v) is 11.5. The standard InChI is InChI=1S/C20H20ClN3O3S3/c1-30(26,27)16-6-7-17-18(12-16)29-20(22-17)24-10-8-23(9-11-24)19(25)13-28-15-4-2-14(21)3-5-15/h2-7,12H,8-11,13H2,1H3. The van der Waals surface area contributed by atoms with E-state index in [2.05, 4.69) is 9.88 Å². The van der Waals surface area contributed by atoms with E-state index in [9.17, 15) is 13.2 Å². The summed E-state index contributed by atoms with van der Waals surface area (Å²) in [6.45, 7) is 2.70. The van der Waals surface area contributed by atoms with Gasteiger partial charge in [0, 0.05) is 42.4 Å². The van der Waals surface area contributed by atoms with E-state index in [0.29, 0.717) is 41.8 Å². The van der Waals surface area contributed by atoms with Gasteiger partial charge in [-0.25, -0.2) is 13.4 Å². The van der Waals surface area contributed by atoms with Crippen LogP contribution in [0.25, 0.3) is 10.2 Å². The first kappa shape index (κ1) is 21.4. The minimum atomic E-state index is -3.24. The van der Waals surface area contributed by atoms with Crippen LogP contribution in [0.3, 0.4) is 0 Å². The average Bonchev–Trinajstić information content (AvgIpc) is 3.16. The normalized spacial score (nSPS) is 15.0. The number of aromatic nitrogens is 1. The summed E-state index contributed by atoms with van der Waals surface area (Å²) in [6, 6.07) is 12.5. The van der Waals surface area contributed by atoms with E-state index >= 15 is 0 Å². The molecule has 1 aliphatic heterocycles. The van der Waals surface area contributed by atoms with Crippen LogP contribution in [0.5, 0.6) is 0 Å². The fourth-order valence-electron chi connectivity index (χ4n) is 3.17. The summed E-state index contributed by atoms with van der Waals surface area (Å²) in [7, 11) is -3.24. The second-order valence-electron chi connectivity index (χ2n) is 7.01. The monoisotopic (exact) mass is 481 g/mol. The molecule has 1 amide bonds. The van der Waals surface area contributed by atoms with Crippen LogP contribution < -0.4 is 4.90 Å². The van der Waals surface area contributed by atoms with Gasteiger partial charge in [-0.3, -0.25) is 4.79 Å². The summed E-state index contributed by atoms with van der Waals surface area (Å²) in [5.41, 5.74) is 0.792. The topological polar surface area (TPSA) is 70.6 Å². The van der Waals surface area contributed by atoms with Crippen LogP contribution in [0, 0.1) is 0 Å². The van der Waals surface area contributed by atoms with E-state index in [1.165, 1.54) is 29.4 Å². The smallest absolute Gasteiger partial charge is 0.233 e. The van der Waals surface area contributed by atoms with Crippen molar-refractivity contribution >= 4 is 65.8 Å². The third-order valence-electron chi connectivity index (χ3n) is 4.86. The van der Waals surface area contributed by atoms with Crippen molar-refractivity contribution in [1.82, 2.24) is 9.88 Å². The number of anilines is 1. The largest absolute Gasteiger partial charge is 0.345 e.